The van der Waals surface area contributed by atoms with Crippen molar-refractivity contribution >= 4 is 41.0 Å². The van der Waals surface area contributed by atoms with Gasteiger partial charge in [0.15, 0.2) is 5.25 Å². The molecule has 3 amide bonds. The third kappa shape index (κ3) is 4.12. The molecule has 1 atom stereocenters. The van der Waals surface area contributed by atoms with Gasteiger partial charge in [0, 0.05) is 24.2 Å². The van der Waals surface area contributed by atoms with Gasteiger partial charge in [-0.3, -0.25) is 14.4 Å². The third-order valence-corrected chi connectivity index (χ3v) is 6.25. The Balaban J connectivity index is 1.55. The Bertz CT molecular complexity index is 941. The zero-order valence-electron chi connectivity index (χ0n) is 16.1. The summed E-state index contributed by atoms with van der Waals surface area (Å²) in [6.45, 7) is 3.11. The molecule has 2 aliphatic heterocycles. The zero-order valence-corrected chi connectivity index (χ0v) is 16.9. The molecule has 3 heterocycles. The Morgan fingerprint density at radius 2 is 1.93 bits per heavy atom. The van der Waals surface area contributed by atoms with E-state index in [9.17, 15) is 14.4 Å². The molecule has 1 N–H and O–H groups in total. The van der Waals surface area contributed by atoms with Crippen LogP contribution in [0.4, 0.5) is 11.5 Å². The molecule has 0 saturated carbocycles. The number of anilines is 2. The maximum atomic E-state index is 13.2. The number of aryl methyl sites for hydroxylation is 1. The van der Waals surface area contributed by atoms with E-state index in [1.54, 1.807) is 23.2 Å². The van der Waals surface area contributed by atoms with Gasteiger partial charge in [0.2, 0.25) is 11.8 Å². The van der Waals surface area contributed by atoms with Crippen LogP contribution in [0.2, 0.25) is 0 Å². The van der Waals surface area contributed by atoms with E-state index in [-0.39, 0.29) is 24.3 Å². The lowest BCUT2D eigenvalue weighted by atomic mass is 10.2. The number of carbonyl (C=O) groups excluding carboxylic acids is 3. The number of para-hydroxylation sites is 1. The SMILES string of the molecule is Cc1ccc(NC(=O)CN2C(=O)C(C(=O)N3CCCC3)Sc3ccccc32)nc1. The van der Waals surface area contributed by atoms with Gasteiger partial charge in [-0.1, -0.05) is 18.2 Å². The number of hydrogen-bond acceptors (Lipinski definition) is 5. The predicted octanol–water partition coefficient (Wildman–Crippen LogP) is 2.46. The van der Waals surface area contributed by atoms with Crippen molar-refractivity contribution in [3.63, 3.8) is 0 Å². The van der Waals surface area contributed by atoms with Crippen LogP contribution in [0.3, 0.4) is 0 Å². The van der Waals surface area contributed by atoms with E-state index in [2.05, 4.69) is 10.3 Å². The van der Waals surface area contributed by atoms with E-state index in [0.717, 1.165) is 23.3 Å². The molecule has 1 fully saturated rings. The highest BCUT2D eigenvalue weighted by Crippen LogP contribution is 2.39. The maximum Gasteiger partial charge on any atom is 0.250 e. The molecule has 2 aromatic rings. The predicted molar refractivity (Wildman–Crippen MR) is 112 cm³/mol. The molecule has 4 rings (SSSR count). The molecule has 150 valence electrons. The number of likely N-dealkylation sites (tertiary alicyclic amines) is 1. The van der Waals surface area contributed by atoms with Crippen LogP contribution < -0.4 is 10.2 Å². The first-order valence-corrected chi connectivity index (χ1v) is 10.5. The summed E-state index contributed by atoms with van der Waals surface area (Å²) in [5, 5.41) is 1.87. The van der Waals surface area contributed by atoms with Crippen LogP contribution in [0.25, 0.3) is 0 Å². The Hall–Kier alpha value is -2.87. The molecule has 1 aromatic heterocycles. The van der Waals surface area contributed by atoms with Crippen LogP contribution in [-0.4, -0.2) is 52.5 Å². The van der Waals surface area contributed by atoms with Crippen LogP contribution in [0, 0.1) is 6.92 Å². The van der Waals surface area contributed by atoms with Gasteiger partial charge in [0.25, 0.3) is 5.91 Å². The molecular formula is C21H22N4O3S. The molecule has 0 bridgehead atoms. The number of hydrogen-bond donors (Lipinski definition) is 1. The number of nitrogens with zero attached hydrogens (tertiary/aromatic N) is 3. The number of carbonyl (C=O) groups is 3. The highest BCUT2D eigenvalue weighted by molar-refractivity contribution is 8.01. The molecule has 29 heavy (non-hydrogen) atoms. The van der Waals surface area contributed by atoms with Gasteiger partial charge in [-0.25, -0.2) is 4.98 Å². The molecule has 0 radical (unpaired) electrons. The first kappa shape index (κ1) is 19.4. The number of thioether (sulfide) groups is 1. The summed E-state index contributed by atoms with van der Waals surface area (Å²) in [4.78, 5) is 46.9. The molecule has 7 nitrogen and oxygen atoms in total. The molecule has 2 aliphatic rings. The molecule has 1 unspecified atom stereocenters. The molecule has 0 spiro atoms. The lowest BCUT2D eigenvalue weighted by Crippen LogP contribution is -2.51. The summed E-state index contributed by atoms with van der Waals surface area (Å²) >= 11 is 1.27. The Kier molecular flexibility index (Phi) is 5.53. The van der Waals surface area contributed by atoms with Crippen molar-refractivity contribution in [1.82, 2.24) is 9.88 Å². The monoisotopic (exact) mass is 410 g/mol. The van der Waals surface area contributed by atoms with Crippen molar-refractivity contribution in [2.24, 2.45) is 0 Å². The second-order valence-electron chi connectivity index (χ2n) is 7.19. The molecule has 1 saturated heterocycles. The summed E-state index contributed by atoms with van der Waals surface area (Å²) < 4.78 is 0. The Labute approximate surface area is 173 Å². The second-order valence-corrected chi connectivity index (χ2v) is 8.34. The summed E-state index contributed by atoms with van der Waals surface area (Å²) in [7, 11) is 0. The number of rotatable bonds is 4. The van der Waals surface area contributed by atoms with Crippen molar-refractivity contribution in [2.75, 3.05) is 29.9 Å². The number of amides is 3. The summed E-state index contributed by atoms with van der Waals surface area (Å²) in [6, 6.07) is 10.9. The van der Waals surface area contributed by atoms with Gasteiger partial charge >= 0.3 is 0 Å². The van der Waals surface area contributed by atoms with E-state index < -0.39 is 5.25 Å². The van der Waals surface area contributed by atoms with Gasteiger partial charge in [-0.05, 0) is 43.5 Å². The standard InChI is InChI=1S/C21H22N4O3S/c1-14-8-9-17(22-12-14)23-18(26)13-25-15-6-2-3-7-16(15)29-19(21(25)28)20(27)24-10-4-5-11-24/h2-3,6-9,12,19H,4-5,10-11,13H2,1H3,(H,22,23,26). The van der Waals surface area contributed by atoms with Crippen LogP contribution in [0.1, 0.15) is 18.4 Å². The van der Waals surface area contributed by atoms with Crippen molar-refractivity contribution in [1.29, 1.82) is 0 Å². The van der Waals surface area contributed by atoms with Gasteiger partial charge in [0.05, 0.1) is 5.69 Å². The summed E-state index contributed by atoms with van der Waals surface area (Å²) in [5.74, 6) is -0.448. The normalized spacial score (nSPS) is 18.5. The lowest BCUT2D eigenvalue weighted by Gasteiger charge is -2.34. The van der Waals surface area contributed by atoms with Crippen LogP contribution >= 0.6 is 11.8 Å². The van der Waals surface area contributed by atoms with E-state index in [1.807, 2.05) is 31.2 Å². The molecule has 8 heteroatoms. The van der Waals surface area contributed by atoms with E-state index >= 15 is 0 Å². The van der Waals surface area contributed by atoms with E-state index in [1.165, 1.54) is 16.7 Å². The Morgan fingerprint density at radius 3 is 2.66 bits per heavy atom. The third-order valence-electron chi connectivity index (χ3n) is 5.01. The number of nitrogens with one attached hydrogen (secondary N) is 1. The second kappa shape index (κ2) is 8.24. The first-order valence-electron chi connectivity index (χ1n) is 9.61. The first-order chi connectivity index (χ1) is 14.0. The topological polar surface area (TPSA) is 82.6 Å². The van der Waals surface area contributed by atoms with Gasteiger partial charge < -0.3 is 15.1 Å². The average molecular weight is 410 g/mol. The van der Waals surface area contributed by atoms with Crippen molar-refractivity contribution in [3.8, 4) is 0 Å². The van der Waals surface area contributed by atoms with Gasteiger partial charge in [-0.15, -0.1) is 11.8 Å². The molecule has 0 aliphatic carbocycles. The van der Waals surface area contributed by atoms with E-state index in [4.69, 9.17) is 0 Å². The number of pyridine rings is 1. The Morgan fingerprint density at radius 1 is 1.17 bits per heavy atom. The lowest BCUT2D eigenvalue weighted by molar-refractivity contribution is -0.134. The van der Waals surface area contributed by atoms with Crippen LogP contribution in [0.15, 0.2) is 47.5 Å². The summed E-state index contributed by atoms with van der Waals surface area (Å²) in [6.07, 6.45) is 3.59. The van der Waals surface area contributed by atoms with Gasteiger partial charge in [0.1, 0.15) is 12.4 Å². The maximum absolute atomic E-state index is 13.2. The van der Waals surface area contributed by atoms with Gasteiger partial charge in [-0.2, -0.15) is 0 Å². The fourth-order valence-corrected chi connectivity index (χ4v) is 4.70. The largest absolute Gasteiger partial charge is 0.341 e. The highest BCUT2D eigenvalue weighted by atomic mass is 32.2. The highest BCUT2D eigenvalue weighted by Gasteiger charge is 2.41. The average Bonchev–Trinajstić information content (AvgIpc) is 3.26. The quantitative estimate of drug-likeness (QED) is 0.783. The smallest absolute Gasteiger partial charge is 0.250 e. The minimum Gasteiger partial charge on any atom is -0.341 e. The summed E-state index contributed by atoms with van der Waals surface area (Å²) in [5.41, 5.74) is 1.64. The number of benzene rings is 1. The van der Waals surface area contributed by atoms with Crippen molar-refractivity contribution in [2.45, 2.75) is 29.9 Å². The van der Waals surface area contributed by atoms with Crippen molar-refractivity contribution in [3.05, 3.63) is 48.2 Å². The molecule has 1 aromatic carbocycles. The molecular weight excluding hydrogens is 388 g/mol. The fraction of sp³-hybridized carbons (Fsp3) is 0.333. The van der Waals surface area contributed by atoms with Crippen LogP contribution in [-0.2, 0) is 14.4 Å². The van der Waals surface area contributed by atoms with Crippen molar-refractivity contribution < 1.29 is 14.4 Å². The minimum atomic E-state index is -0.853. The minimum absolute atomic E-state index is 0.169. The zero-order chi connectivity index (χ0) is 20.4. The van der Waals surface area contributed by atoms with Crippen LogP contribution in [0.5, 0.6) is 0 Å². The van der Waals surface area contributed by atoms with E-state index in [0.29, 0.717) is 24.6 Å². The number of aromatic nitrogens is 1. The number of fused-ring (bicyclic) bond motifs is 1. The fourth-order valence-electron chi connectivity index (χ4n) is 3.51.